The topological polar surface area (TPSA) is 42.4 Å². The molecule has 2 aromatic rings. The predicted octanol–water partition coefficient (Wildman–Crippen LogP) is 3.22. The summed E-state index contributed by atoms with van der Waals surface area (Å²) < 4.78 is 5.50. The van der Waals surface area contributed by atoms with E-state index in [0.717, 1.165) is 0 Å². The summed E-state index contributed by atoms with van der Waals surface area (Å²) in [5.74, 6) is 0.667. The number of hydrogen-bond donors (Lipinski definition) is 1. The van der Waals surface area contributed by atoms with Crippen LogP contribution in [0, 0.1) is 0 Å². The van der Waals surface area contributed by atoms with Crippen LogP contribution in [0.4, 0.5) is 0 Å². The molecule has 4 heteroatoms. The Labute approximate surface area is 111 Å². The molecule has 0 saturated heterocycles. The lowest BCUT2D eigenvalue weighted by Crippen LogP contribution is -2.04. The first-order chi connectivity index (χ1) is 8.74. The van der Waals surface area contributed by atoms with Gasteiger partial charge in [0.15, 0.2) is 0 Å². The smallest absolute Gasteiger partial charge is 0.125 e. The summed E-state index contributed by atoms with van der Waals surface area (Å²) in [6.45, 7) is 2.45. The minimum absolute atomic E-state index is 0.441. The van der Waals surface area contributed by atoms with Gasteiger partial charge in [-0.2, -0.15) is 0 Å². The van der Waals surface area contributed by atoms with Crippen molar-refractivity contribution < 1.29 is 9.84 Å². The van der Waals surface area contributed by atoms with Gasteiger partial charge in [-0.15, -0.1) is 0 Å². The second-order valence-electron chi connectivity index (χ2n) is 3.77. The zero-order chi connectivity index (χ0) is 13.0. The van der Waals surface area contributed by atoms with E-state index in [1.807, 2.05) is 31.2 Å². The van der Waals surface area contributed by atoms with Crippen molar-refractivity contribution in [2.75, 3.05) is 6.61 Å². The van der Waals surface area contributed by atoms with E-state index in [-0.39, 0.29) is 0 Å². The van der Waals surface area contributed by atoms with Gasteiger partial charge in [-0.3, -0.25) is 4.98 Å². The Morgan fingerprint density at radius 3 is 2.78 bits per heavy atom. The molecule has 94 valence electrons. The number of hydrogen-bond acceptors (Lipinski definition) is 3. The molecule has 1 unspecified atom stereocenters. The van der Waals surface area contributed by atoms with Gasteiger partial charge in [0, 0.05) is 23.5 Å². The molecule has 1 N–H and O–H groups in total. The molecule has 0 saturated carbocycles. The largest absolute Gasteiger partial charge is 0.493 e. The van der Waals surface area contributed by atoms with Crippen molar-refractivity contribution in [3.8, 4) is 5.75 Å². The number of ether oxygens (including phenoxy) is 1. The first kappa shape index (κ1) is 12.9. The molecule has 0 radical (unpaired) electrons. The van der Waals surface area contributed by atoms with E-state index < -0.39 is 6.10 Å². The Balaban J connectivity index is 2.40. The number of aromatic nitrogens is 1. The van der Waals surface area contributed by atoms with E-state index in [2.05, 4.69) is 4.98 Å². The number of para-hydroxylation sites is 1. The lowest BCUT2D eigenvalue weighted by atomic mass is 10.0. The van der Waals surface area contributed by atoms with Crippen LogP contribution in [-0.2, 0) is 0 Å². The molecule has 0 bridgehead atoms. The van der Waals surface area contributed by atoms with Gasteiger partial charge in [0.2, 0.25) is 0 Å². The molecule has 0 amide bonds. The molecule has 1 heterocycles. The van der Waals surface area contributed by atoms with E-state index in [4.69, 9.17) is 16.3 Å². The summed E-state index contributed by atoms with van der Waals surface area (Å²) in [6.07, 6.45) is 2.31. The summed E-state index contributed by atoms with van der Waals surface area (Å²) >= 11 is 6.04. The lowest BCUT2D eigenvalue weighted by Gasteiger charge is -2.16. The first-order valence-corrected chi connectivity index (χ1v) is 6.11. The van der Waals surface area contributed by atoms with Gasteiger partial charge < -0.3 is 9.84 Å². The molecule has 1 aromatic carbocycles. The van der Waals surface area contributed by atoms with Crippen molar-refractivity contribution in [2.24, 2.45) is 0 Å². The van der Waals surface area contributed by atoms with Crippen LogP contribution in [0.25, 0.3) is 0 Å². The van der Waals surface area contributed by atoms with Crippen molar-refractivity contribution >= 4 is 11.6 Å². The normalized spacial score (nSPS) is 12.2. The third kappa shape index (κ3) is 2.63. The Morgan fingerprint density at radius 1 is 1.28 bits per heavy atom. The molecule has 0 aliphatic rings. The summed E-state index contributed by atoms with van der Waals surface area (Å²) in [4.78, 5) is 3.91. The molecule has 3 nitrogen and oxygen atoms in total. The Kier molecular flexibility index (Phi) is 4.18. The third-order valence-electron chi connectivity index (χ3n) is 2.61. The highest BCUT2D eigenvalue weighted by molar-refractivity contribution is 6.31. The molecule has 1 aromatic heterocycles. The highest BCUT2D eigenvalue weighted by Gasteiger charge is 2.17. The first-order valence-electron chi connectivity index (χ1n) is 5.73. The molecule has 1 atom stereocenters. The van der Waals surface area contributed by atoms with Gasteiger partial charge >= 0.3 is 0 Å². The zero-order valence-electron chi connectivity index (χ0n) is 10.0. The van der Waals surface area contributed by atoms with Crippen LogP contribution in [0.15, 0.2) is 42.7 Å². The Hall–Kier alpha value is -1.58. The van der Waals surface area contributed by atoms with Crippen LogP contribution in [0.1, 0.15) is 24.2 Å². The van der Waals surface area contributed by atoms with Gasteiger partial charge in [0.25, 0.3) is 0 Å². The van der Waals surface area contributed by atoms with Crippen LogP contribution in [0.2, 0.25) is 5.02 Å². The minimum atomic E-state index is -0.816. The van der Waals surface area contributed by atoms with Crippen LogP contribution in [0.3, 0.4) is 0 Å². The maximum atomic E-state index is 10.4. The van der Waals surface area contributed by atoms with Crippen LogP contribution >= 0.6 is 11.6 Å². The average Bonchev–Trinajstić information content (AvgIpc) is 2.40. The number of aliphatic hydroxyl groups excluding tert-OH is 1. The number of benzene rings is 1. The number of halogens is 1. The maximum absolute atomic E-state index is 10.4. The van der Waals surface area contributed by atoms with Crippen molar-refractivity contribution in [1.82, 2.24) is 4.98 Å². The molecular formula is C14H14ClNO2. The molecule has 0 fully saturated rings. The number of aliphatic hydroxyl groups is 1. The average molecular weight is 264 g/mol. The second-order valence-corrected chi connectivity index (χ2v) is 4.18. The minimum Gasteiger partial charge on any atom is -0.493 e. The standard InChI is InChI=1S/C14H14ClNO2/c1-2-18-13-6-4-3-5-11(13)14(17)10-7-8-16-9-12(10)15/h3-9,14,17H,2H2,1H3. The Bertz CT molecular complexity index is 531. The molecular weight excluding hydrogens is 250 g/mol. The summed E-state index contributed by atoms with van der Waals surface area (Å²) in [7, 11) is 0. The Morgan fingerprint density at radius 2 is 2.06 bits per heavy atom. The van der Waals surface area contributed by atoms with Crippen molar-refractivity contribution in [3.05, 3.63) is 58.9 Å². The predicted molar refractivity (Wildman–Crippen MR) is 70.9 cm³/mol. The highest BCUT2D eigenvalue weighted by Crippen LogP contribution is 2.32. The van der Waals surface area contributed by atoms with Gasteiger partial charge in [0.05, 0.1) is 11.6 Å². The summed E-state index contributed by atoms with van der Waals surface area (Å²) in [6, 6.07) is 9.09. The monoisotopic (exact) mass is 263 g/mol. The van der Waals surface area contributed by atoms with E-state index >= 15 is 0 Å². The molecule has 0 aliphatic heterocycles. The molecule has 18 heavy (non-hydrogen) atoms. The third-order valence-corrected chi connectivity index (χ3v) is 2.93. The van der Waals surface area contributed by atoms with Gasteiger partial charge in [-0.25, -0.2) is 0 Å². The second kappa shape index (κ2) is 5.85. The van der Waals surface area contributed by atoms with Crippen molar-refractivity contribution in [3.63, 3.8) is 0 Å². The van der Waals surface area contributed by atoms with Crippen LogP contribution in [-0.4, -0.2) is 16.7 Å². The fourth-order valence-electron chi connectivity index (χ4n) is 1.77. The molecule has 0 aliphatic carbocycles. The number of pyridine rings is 1. The molecule has 2 rings (SSSR count). The SMILES string of the molecule is CCOc1ccccc1C(O)c1ccncc1Cl. The van der Waals surface area contributed by atoms with Gasteiger partial charge in [0.1, 0.15) is 11.9 Å². The summed E-state index contributed by atoms with van der Waals surface area (Å²) in [5.41, 5.74) is 1.33. The highest BCUT2D eigenvalue weighted by atomic mass is 35.5. The fourth-order valence-corrected chi connectivity index (χ4v) is 1.99. The van der Waals surface area contributed by atoms with Crippen LogP contribution in [0.5, 0.6) is 5.75 Å². The van der Waals surface area contributed by atoms with E-state index in [1.165, 1.54) is 6.20 Å². The maximum Gasteiger partial charge on any atom is 0.125 e. The lowest BCUT2D eigenvalue weighted by molar-refractivity contribution is 0.212. The number of nitrogens with zero attached hydrogens (tertiary/aromatic N) is 1. The van der Waals surface area contributed by atoms with Crippen molar-refractivity contribution in [1.29, 1.82) is 0 Å². The number of rotatable bonds is 4. The van der Waals surface area contributed by atoms with Crippen molar-refractivity contribution in [2.45, 2.75) is 13.0 Å². The van der Waals surface area contributed by atoms with E-state index in [0.29, 0.717) is 28.5 Å². The van der Waals surface area contributed by atoms with Gasteiger partial charge in [-0.1, -0.05) is 29.8 Å². The summed E-state index contributed by atoms with van der Waals surface area (Å²) in [5, 5.41) is 10.8. The fraction of sp³-hybridized carbons (Fsp3) is 0.214. The zero-order valence-corrected chi connectivity index (χ0v) is 10.8. The quantitative estimate of drug-likeness (QED) is 0.921. The van der Waals surface area contributed by atoms with Gasteiger partial charge in [-0.05, 0) is 19.1 Å². The molecule has 0 spiro atoms. The van der Waals surface area contributed by atoms with Crippen LogP contribution < -0.4 is 4.74 Å². The van der Waals surface area contributed by atoms with E-state index in [1.54, 1.807) is 12.3 Å². The van der Waals surface area contributed by atoms with E-state index in [9.17, 15) is 5.11 Å².